The van der Waals surface area contributed by atoms with E-state index in [1.54, 1.807) is 13.0 Å². The molecule has 22 heavy (non-hydrogen) atoms. The Labute approximate surface area is 129 Å². The molecule has 0 saturated carbocycles. The highest BCUT2D eigenvalue weighted by molar-refractivity contribution is 7.88. The van der Waals surface area contributed by atoms with Gasteiger partial charge >= 0.3 is 6.03 Å². The number of hydrogen-bond donors (Lipinski definition) is 2. The first-order chi connectivity index (χ1) is 10.3. The van der Waals surface area contributed by atoms with Crippen molar-refractivity contribution in [1.82, 2.24) is 9.62 Å². The number of amides is 2. The molecule has 1 fully saturated rings. The Morgan fingerprint density at radius 3 is 2.77 bits per heavy atom. The van der Waals surface area contributed by atoms with Crippen LogP contribution in [0.25, 0.3) is 0 Å². The predicted molar refractivity (Wildman–Crippen MR) is 82.7 cm³/mol. The second-order valence-corrected chi connectivity index (χ2v) is 7.52. The second-order valence-electron chi connectivity index (χ2n) is 5.54. The average Bonchev–Trinajstić information content (AvgIpc) is 2.41. The van der Waals surface area contributed by atoms with Crippen molar-refractivity contribution in [3.63, 3.8) is 0 Å². The summed E-state index contributed by atoms with van der Waals surface area (Å²) >= 11 is 0. The number of rotatable bonds is 3. The molecule has 2 rings (SSSR count). The summed E-state index contributed by atoms with van der Waals surface area (Å²) in [6, 6.07) is 3.71. The minimum Gasteiger partial charge on any atom is -0.334 e. The Morgan fingerprint density at radius 2 is 2.14 bits per heavy atom. The first-order valence-electron chi connectivity index (χ1n) is 7.04. The van der Waals surface area contributed by atoms with E-state index in [0.717, 1.165) is 11.8 Å². The van der Waals surface area contributed by atoms with Crippen molar-refractivity contribution >= 4 is 21.7 Å². The van der Waals surface area contributed by atoms with E-state index >= 15 is 0 Å². The van der Waals surface area contributed by atoms with Gasteiger partial charge in [-0.25, -0.2) is 21.9 Å². The van der Waals surface area contributed by atoms with Crippen LogP contribution in [0.1, 0.15) is 18.4 Å². The lowest BCUT2D eigenvalue weighted by atomic mass is 10.1. The number of halogens is 1. The van der Waals surface area contributed by atoms with Gasteiger partial charge in [0.1, 0.15) is 5.82 Å². The summed E-state index contributed by atoms with van der Waals surface area (Å²) in [4.78, 5) is 11.9. The second kappa shape index (κ2) is 6.62. The molecule has 1 aromatic carbocycles. The molecule has 1 aliphatic rings. The normalized spacial score (nSPS) is 19.7. The minimum absolute atomic E-state index is 0.0962. The summed E-state index contributed by atoms with van der Waals surface area (Å²) in [5.74, 6) is -0.503. The highest BCUT2D eigenvalue weighted by Gasteiger charge is 2.26. The number of nitrogens with zero attached hydrogens (tertiary/aromatic N) is 1. The van der Waals surface area contributed by atoms with Crippen molar-refractivity contribution in [2.45, 2.75) is 25.8 Å². The van der Waals surface area contributed by atoms with E-state index in [2.05, 4.69) is 10.6 Å². The Morgan fingerprint density at radius 1 is 1.41 bits per heavy atom. The molecule has 0 spiro atoms. The zero-order valence-electron chi connectivity index (χ0n) is 12.6. The Hall–Kier alpha value is -1.67. The first kappa shape index (κ1) is 16.7. The van der Waals surface area contributed by atoms with Crippen molar-refractivity contribution in [1.29, 1.82) is 0 Å². The third-order valence-corrected chi connectivity index (χ3v) is 4.83. The van der Waals surface area contributed by atoms with Gasteiger partial charge in [0.15, 0.2) is 0 Å². The molecule has 0 aliphatic carbocycles. The van der Waals surface area contributed by atoms with Crippen LogP contribution in [0.3, 0.4) is 0 Å². The monoisotopic (exact) mass is 329 g/mol. The standard InChI is InChI=1S/C14H20FN3O3S/c1-10-5-6-13(12(15)8-10)17-14(19)16-11-4-3-7-18(9-11)22(2,20)21/h5-6,8,11H,3-4,7,9H2,1-2H3,(H2,16,17,19)/t11-/m1/s1. The molecular formula is C14H20FN3O3S. The summed E-state index contributed by atoms with van der Waals surface area (Å²) < 4.78 is 38.1. The number of carbonyl (C=O) groups is 1. The number of hydrogen-bond acceptors (Lipinski definition) is 3. The number of benzene rings is 1. The van der Waals surface area contributed by atoms with E-state index in [1.807, 2.05) is 0 Å². The molecule has 0 bridgehead atoms. The van der Waals surface area contributed by atoms with E-state index in [1.165, 1.54) is 16.4 Å². The van der Waals surface area contributed by atoms with E-state index in [-0.39, 0.29) is 18.3 Å². The maximum absolute atomic E-state index is 13.7. The van der Waals surface area contributed by atoms with Crippen LogP contribution in [-0.4, -0.2) is 44.1 Å². The molecule has 2 amide bonds. The van der Waals surface area contributed by atoms with Crippen LogP contribution in [0.15, 0.2) is 18.2 Å². The summed E-state index contributed by atoms with van der Waals surface area (Å²) in [7, 11) is -3.26. The SMILES string of the molecule is Cc1ccc(NC(=O)N[C@@H]2CCCN(S(C)(=O)=O)C2)c(F)c1. The number of piperidine rings is 1. The van der Waals surface area contributed by atoms with Gasteiger partial charge in [0.25, 0.3) is 0 Å². The summed E-state index contributed by atoms with van der Waals surface area (Å²) in [6.07, 6.45) is 2.52. The third kappa shape index (κ3) is 4.41. The molecule has 6 nitrogen and oxygen atoms in total. The fourth-order valence-corrected chi connectivity index (χ4v) is 3.34. The molecule has 1 heterocycles. The molecule has 1 aromatic rings. The van der Waals surface area contributed by atoms with Gasteiger partial charge in [-0.05, 0) is 37.5 Å². The maximum Gasteiger partial charge on any atom is 0.319 e. The molecule has 1 aliphatic heterocycles. The highest BCUT2D eigenvalue weighted by Crippen LogP contribution is 2.16. The number of anilines is 1. The van der Waals surface area contributed by atoms with Gasteiger partial charge in [-0.15, -0.1) is 0 Å². The van der Waals surface area contributed by atoms with Crippen LogP contribution in [-0.2, 0) is 10.0 Å². The van der Waals surface area contributed by atoms with E-state index in [9.17, 15) is 17.6 Å². The largest absolute Gasteiger partial charge is 0.334 e. The van der Waals surface area contributed by atoms with Gasteiger partial charge in [-0.3, -0.25) is 0 Å². The van der Waals surface area contributed by atoms with Gasteiger partial charge < -0.3 is 10.6 Å². The van der Waals surface area contributed by atoms with E-state index < -0.39 is 21.9 Å². The van der Waals surface area contributed by atoms with Crippen molar-refractivity contribution in [3.05, 3.63) is 29.6 Å². The Kier molecular flexibility index (Phi) is 5.02. The van der Waals surface area contributed by atoms with E-state index in [4.69, 9.17) is 0 Å². The average molecular weight is 329 g/mol. The fourth-order valence-electron chi connectivity index (χ4n) is 2.43. The van der Waals surface area contributed by atoms with Crippen LogP contribution in [0.4, 0.5) is 14.9 Å². The molecule has 0 unspecified atom stereocenters. The lowest BCUT2D eigenvalue weighted by Gasteiger charge is -2.31. The molecule has 1 atom stereocenters. The van der Waals surface area contributed by atoms with Crippen molar-refractivity contribution in [2.75, 3.05) is 24.7 Å². The lowest BCUT2D eigenvalue weighted by molar-refractivity contribution is 0.236. The first-order valence-corrected chi connectivity index (χ1v) is 8.89. The number of sulfonamides is 1. The van der Waals surface area contributed by atoms with Crippen LogP contribution in [0.2, 0.25) is 0 Å². The third-order valence-electron chi connectivity index (χ3n) is 3.56. The van der Waals surface area contributed by atoms with Gasteiger partial charge in [-0.1, -0.05) is 6.07 Å². The van der Waals surface area contributed by atoms with Gasteiger partial charge in [-0.2, -0.15) is 0 Å². The molecular weight excluding hydrogens is 309 g/mol. The maximum atomic E-state index is 13.7. The van der Waals surface area contributed by atoms with Crippen molar-refractivity contribution < 1.29 is 17.6 Å². The smallest absolute Gasteiger partial charge is 0.319 e. The van der Waals surface area contributed by atoms with Crippen LogP contribution in [0.5, 0.6) is 0 Å². The van der Waals surface area contributed by atoms with Crippen molar-refractivity contribution in [3.8, 4) is 0 Å². The zero-order valence-corrected chi connectivity index (χ0v) is 13.4. The number of urea groups is 1. The molecule has 122 valence electrons. The van der Waals surface area contributed by atoms with Crippen LogP contribution in [0, 0.1) is 12.7 Å². The molecule has 2 N–H and O–H groups in total. The lowest BCUT2D eigenvalue weighted by Crippen LogP contribution is -2.50. The predicted octanol–water partition coefficient (Wildman–Crippen LogP) is 1.68. The Bertz CT molecular complexity index is 663. The molecule has 8 heteroatoms. The van der Waals surface area contributed by atoms with Crippen LogP contribution >= 0.6 is 0 Å². The molecule has 0 radical (unpaired) electrons. The summed E-state index contributed by atoms with van der Waals surface area (Å²) in [5, 5.41) is 5.13. The van der Waals surface area contributed by atoms with Gasteiger partial charge in [0.05, 0.1) is 11.9 Å². The topological polar surface area (TPSA) is 78.5 Å². The summed E-state index contributed by atoms with van der Waals surface area (Å²) in [6.45, 7) is 2.46. The quantitative estimate of drug-likeness (QED) is 0.885. The summed E-state index contributed by atoms with van der Waals surface area (Å²) in [5.41, 5.74) is 0.860. The molecule has 0 aromatic heterocycles. The molecule has 1 saturated heterocycles. The number of aryl methyl sites for hydroxylation is 1. The Balaban J connectivity index is 1.94. The van der Waals surface area contributed by atoms with E-state index in [0.29, 0.717) is 19.4 Å². The zero-order chi connectivity index (χ0) is 16.3. The fraction of sp³-hybridized carbons (Fsp3) is 0.500. The van der Waals surface area contributed by atoms with Gasteiger partial charge in [0.2, 0.25) is 10.0 Å². The van der Waals surface area contributed by atoms with Crippen molar-refractivity contribution in [2.24, 2.45) is 0 Å². The van der Waals surface area contributed by atoms with Gasteiger partial charge in [0, 0.05) is 19.1 Å². The highest BCUT2D eigenvalue weighted by atomic mass is 32.2. The van der Waals surface area contributed by atoms with Crippen LogP contribution < -0.4 is 10.6 Å². The number of carbonyl (C=O) groups excluding carboxylic acids is 1. The number of nitrogens with one attached hydrogen (secondary N) is 2. The minimum atomic E-state index is -3.26.